The minimum atomic E-state index is -4.87. The first-order valence-corrected chi connectivity index (χ1v) is 4.14. The van der Waals surface area contributed by atoms with Crippen LogP contribution < -0.4 is 0 Å². The molecule has 1 rings (SSSR count). The Labute approximate surface area is 87.9 Å². The second-order valence-corrected chi connectivity index (χ2v) is 3.09. The molecule has 0 amide bonds. The predicted molar refractivity (Wildman–Crippen MR) is 46.8 cm³/mol. The first-order valence-electron chi connectivity index (χ1n) is 4.14. The summed E-state index contributed by atoms with van der Waals surface area (Å²) in [6.07, 6.45) is -5.09. The first kappa shape index (κ1) is 12.4. The van der Waals surface area contributed by atoms with Crippen molar-refractivity contribution < 1.29 is 27.2 Å². The van der Waals surface area contributed by atoms with Gasteiger partial charge in [-0.3, -0.25) is 9.59 Å². The molecule has 0 unspecified atom stereocenters. The van der Waals surface area contributed by atoms with Gasteiger partial charge in [0.15, 0.2) is 12.1 Å². The van der Waals surface area contributed by atoms with Crippen LogP contribution in [0.4, 0.5) is 17.6 Å². The van der Waals surface area contributed by atoms with Gasteiger partial charge in [0.25, 0.3) is 0 Å². The Morgan fingerprint density at radius 2 is 1.88 bits per heavy atom. The number of hydrogen-bond donors (Lipinski definition) is 0. The van der Waals surface area contributed by atoms with Gasteiger partial charge >= 0.3 is 6.18 Å². The van der Waals surface area contributed by atoms with E-state index < -0.39 is 34.5 Å². The van der Waals surface area contributed by atoms with E-state index in [1.807, 2.05) is 0 Å². The van der Waals surface area contributed by atoms with Crippen molar-refractivity contribution in [3.05, 3.63) is 34.6 Å². The smallest absolute Gasteiger partial charge is 0.298 e. The predicted octanol–water partition coefficient (Wildman–Crippen LogP) is 2.86. The topological polar surface area (TPSA) is 34.1 Å². The Kier molecular flexibility index (Phi) is 3.11. The molecule has 0 aliphatic heterocycles. The molecule has 1 aromatic carbocycles. The zero-order valence-electron chi connectivity index (χ0n) is 8.06. The number of carbonyl (C=O) groups excluding carboxylic acids is 2. The number of aldehydes is 1. The molecule has 0 bridgehead atoms. The average molecular weight is 234 g/mol. The van der Waals surface area contributed by atoms with Crippen LogP contribution in [-0.4, -0.2) is 12.1 Å². The highest BCUT2D eigenvalue weighted by Crippen LogP contribution is 2.33. The van der Waals surface area contributed by atoms with Crippen molar-refractivity contribution in [2.24, 2.45) is 0 Å². The molecule has 0 aromatic heterocycles. The second-order valence-electron chi connectivity index (χ2n) is 3.09. The normalized spacial score (nSPS) is 11.3. The number of carbonyl (C=O) groups is 2. The maximum Gasteiger partial charge on any atom is 0.417 e. The van der Waals surface area contributed by atoms with Gasteiger partial charge < -0.3 is 0 Å². The van der Waals surface area contributed by atoms with Crippen molar-refractivity contribution in [3.8, 4) is 0 Å². The summed E-state index contributed by atoms with van der Waals surface area (Å²) in [6, 6.07) is 1.08. The first-order chi connectivity index (χ1) is 7.27. The van der Waals surface area contributed by atoms with E-state index >= 15 is 0 Å². The summed E-state index contributed by atoms with van der Waals surface area (Å²) in [4.78, 5) is 21.2. The van der Waals surface area contributed by atoms with E-state index in [2.05, 4.69) is 0 Å². The SMILES string of the molecule is CC(=O)c1cc(F)c(C=O)c(C(F)(F)F)c1. The largest absolute Gasteiger partial charge is 0.417 e. The fourth-order valence-corrected chi connectivity index (χ4v) is 1.18. The Hall–Kier alpha value is -1.72. The Morgan fingerprint density at radius 1 is 1.31 bits per heavy atom. The molecule has 0 spiro atoms. The van der Waals surface area contributed by atoms with Gasteiger partial charge in [0.1, 0.15) is 5.82 Å². The molecule has 2 nitrogen and oxygen atoms in total. The number of halogens is 4. The molecule has 0 radical (unpaired) electrons. The lowest BCUT2D eigenvalue weighted by Gasteiger charge is -2.11. The summed E-state index contributed by atoms with van der Waals surface area (Å²) in [7, 11) is 0. The third kappa shape index (κ3) is 2.26. The van der Waals surface area contributed by atoms with Gasteiger partial charge in [-0.25, -0.2) is 4.39 Å². The van der Waals surface area contributed by atoms with Crippen molar-refractivity contribution in [3.63, 3.8) is 0 Å². The second kappa shape index (κ2) is 4.03. The van der Waals surface area contributed by atoms with Crippen molar-refractivity contribution in [2.75, 3.05) is 0 Å². The van der Waals surface area contributed by atoms with E-state index in [4.69, 9.17) is 0 Å². The van der Waals surface area contributed by atoms with E-state index in [0.717, 1.165) is 6.92 Å². The lowest BCUT2D eigenvalue weighted by atomic mass is 10.0. The van der Waals surface area contributed by atoms with Gasteiger partial charge in [-0.1, -0.05) is 0 Å². The minimum Gasteiger partial charge on any atom is -0.298 e. The summed E-state index contributed by atoms with van der Waals surface area (Å²) in [5, 5.41) is 0. The number of Topliss-reactive ketones (excluding diaryl/α,β-unsaturated/α-hetero) is 1. The van der Waals surface area contributed by atoms with Crippen LogP contribution in [0.3, 0.4) is 0 Å². The molecule has 6 heteroatoms. The van der Waals surface area contributed by atoms with Crippen molar-refractivity contribution in [2.45, 2.75) is 13.1 Å². The van der Waals surface area contributed by atoms with Crippen LogP contribution in [-0.2, 0) is 6.18 Å². The van der Waals surface area contributed by atoms with Crippen LogP contribution in [0.5, 0.6) is 0 Å². The Bertz CT molecular complexity index is 449. The van der Waals surface area contributed by atoms with E-state index in [1.165, 1.54) is 0 Å². The average Bonchev–Trinajstić information content (AvgIpc) is 2.14. The van der Waals surface area contributed by atoms with Crippen molar-refractivity contribution >= 4 is 12.1 Å². The molecule has 0 saturated carbocycles. The third-order valence-corrected chi connectivity index (χ3v) is 1.96. The summed E-state index contributed by atoms with van der Waals surface area (Å²) < 4.78 is 50.4. The van der Waals surface area contributed by atoms with E-state index in [1.54, 1.807) is 0 Å². The van der Waals surface area contributed by atoms with Gasteiger partial charge in [-0.15, -0.1) is 0 Å². The molecule has 1 aromatic rings. The van der Waals surface area contributed by atoms with Crippen LogP contribution >= 0.6 is 0 Å². The van der Waals surface area contributed by atoms with Crippen molar-refractivity contribution in [1.82, 2.24) is 0 Å². The molecule has 0 N–H and O–H groups in total. The number of hydrogen-bond acceptors (Lipinski definition) is 2. The number of ketones is 1. The maximum absolute atomic E-state index is 13.1. The fourth-order valence-electron chi connectivity index (χ4n) is 1.18. The van der Waals surface area contributed by atoms with Gasteiger partial charge in [0, 0.05) is 5.56 Å². The third-order valence-electron chi connectivity index (χ3n) is 1.96. The fraction of sp³-hybridized carbons (Fsp3) is 0.200. The lowest BCUT2D eigenvalue weighted by molar-refractivity contribution is -0.138. The lowest BCUT2D eigenvalue weighted by Crippen LogP contribution is -2.12. The molecule has 0 fully saturated rings. The zero-order chi connectivity index (χ0) is 12.5. The molecular weight excluding hydrogens is 228 g/mol. The molecule has 0 saturated heterocycles. The monoisotopic (exact) mass is 234 g/mol. The highest BCUT2D eigenvalue weighted by molar-refractivity contribution is 5.95. The summed E-state index contributed by atoms with van der Waals surface area (Å²) >= 11 is 0. The summed E-state index contributed by atoms with van der Waals surface area (Å²) in [6.45, 7) is 1.01. The maximum atomic E-state index is 13.1. The number of benzene rings is 1. The van der Waals surface area contributed by atoms with Gasteiger partial charge in [-0.2, -0.15) is 13.2 Å². The Morgan fingerprint density at radius 3 is 2.25 bits per heavy atom. The summed E-state index contributed by atoms with van der Waals surface area (Å²) in [5.41, 5.74) is -2.94. The molecule has 0 aliphatic carbocycles. The number of rotatable bonds is 2. The Balaban J connectivity index is 3.55. The highest BCUT2D eigenvalue weighted by atomic mass is 19.4. The van der Waals surface area contributed by atoms with Crippen LogP contribution in [0.25, 0.3) is 0 Å². The number of alkyl halides is 3. The molecule has 16 heavy (non-hydrogen) atoms. The standard InChI is InChI=1S/C10H6F4O2/c1-5(16)6-2-8(10(12,13)14)7(4-15)9(11)3-6/h2-4H,1H3. The quantitative estimate of drug-likeness (QED) is 0.448. The van der Waals surface area contributed by atoms with Crippen LogP contribution in [0, 0.1) is 5.82 Å². The van der Waals surface area contributed by atoms with E-state index in [9.17, 15) is 27.2 Å². The van der Waals surface area contributed by atoms with Gasteiger partial charge in [-0.05, 0) is 19.1 Å². The summed E-state index contributed by atoms with van der Waals surface area (Å²) in [5.74, 6) is -2.06. The van der Waals surface area contributed by atoms with E-state index in [-0.39, 0.29) is 6.29 Å². The van der Waals surface area contributed by atoms with Crippen molar-refractivity contribution in [1.29, 1.82) is 0 Å². The minimum absolute atomic E-state index is 0.220. The van der Waals surface area contributed by atoms with Crippen LogP contribution in [0.15, 0.2) is 12.1 Å². The molecule has 0 heterocycles. The van der Waals surface area contributed by atoms with Gasteiger partial charge in [0.05, 0.1) is 11.1 Å². The molecule has 0 atom stereocenters. The zero-order valence-corrected chi connectivity index (χ0v) is 8.06. The highest BCUT2D eigenvalue weighted by Gasteiger charge is 2.35. The van der Waals surface area contributed by atoms with Gasteiger partial charge in [0.2, 0.25) is 0 Å². The van der Waals surface area contributed by atoms with E-state index in [0.29, 0.717) is 12.1 Å². The molecule has 0 aliphatic rings. The van der Waals surface area contributed by atoms with Crippen LogP contribution in [0.1, 0.15) is 33.2 Å². The molecule has 86 valence electrons. The van der Waals surface area contributed by atoms with Crippen LogP contribution in [0.2, 0.25) is 0 Å². The molecular formula is C10H6F4O2.